The highest BCUT2D eigenvalue weighted by molar-refractivity contribution is 6.05. The molecule has 1 aliphatic heterocycles. The minimum Gasteiger partial charge on any atom is -0.506 e. The summed E-state index contributed by atoms with van der Waals surface area (Å²) in [5, 5.41) is 34.2. The first-order chi connectivity index (χ1) is 19.6. The van der Waals surface area contributed by atoms with Crippen molar-refractivity contribution in [3.63, 3.8) is 0 Å². The lowest BCUT2D eigenvalue weighted by molar-refractivity contribution is -0.115. The number of pyridine rings is 1. The number of hydrogen-bond donors (Lipinski definition) is 4. The molecule has 3 aliphatic rings. The van der Waals surface area contributed by atoms with E-state index in [9.17, 15) is 29.7 Å². The second-order valence-electron chi connectivity index (χ2n) is 10.6. The van der Waals surface area contributed by atoms with Gasteiger partial charge in [0.25, 0.3) is 5.56 Å². The summed E-state index contributed by atoms with van der Waals surface area (Å²) in [7, 11) is 1.48. The molecule has 12 nitrogen and oxygen atoms in total. The molecule has 3 heterocycles. The predicted octanol–water partition coefficient (Wildman–Crippen LogP) is 3.06. The molecule has 12 heteroatoms. The molecular weight excluding hydrogens is 536 g/mol. The molecule has 2 aromatic carbocycles. The molecule has 0 radical (unpaired) electrons. The van der Waals surface area contributed by atoms with Crippen LogP contribution >= 0.6 is 0 Å². The number of amides is 1. The van der Waals surface area contributed by atoms with Crippen molar-refractivity contribution in [3.05, 3.63) is 60.9 Å². The Kier molecular flexibility index (Phi) is 5.49. The molecule has 4 N–H and O–H groups in total. The molecule has 2 aliphatic carbocycles. The molecule has 0 fully saturated rings. The number of benzene rings is 2. The molecule has 3 atom stereocenters. The van der Waals surface area contributed by atoms with Crippen LogP contribution in [0.25, 0.3) is 32.9 Å². The van der Waals surface area contributed by atoms with E-state index in [-0.39, 0.29) is 64.2 Å². The monoisotopic (exact) mass is 562 g/mol. The minimum atomic E-state index is -1.12. The third kappa shape index (κ3) is 3.41. The second-order valence-corrected chi connectivity index (χ2v) is 10.6. The maximum absolute atomic E-state index is 13.9. The van der Waals surface area contributed by atoms with Crippen LogP contribution in [0.5, 0.6) is 17.2 Å². The van der Waals surface area contributed by atoms with Gasteiger partial charge in [0, 0.05) is 42.8 Å². The third-order valence-electron chi connectivity index (χ3n) is 8.25. The maximum Gasteiger partial charge on any atom is 0.281 e. The topological polar surface area (TPSA) is 170 Å². The zero-order valence-corrected chi connectivity index (χ0v) is 22.4. The van der Waals surface area contributed by atoms with E-state index < -0.39 is 46.7 Å². The molecule has 41 heavy (non-hydrogen) atoms. The fraction of sp³-hybridized carbons (Fsp3) is 0.345. The first-order valence-electron chi connectivity index (χ1n) is 13.2. The van der Waals surface area contributed by atoms with Gasteiger partial charge in [-0.15, -0.1) is 0 Å². The number of aliphatic hydroxyl groups excluding tert-OH is 1. The van der Waals surface area contributed by atoms with E-state index in [0.717, 1.165) is 4.68 Å². The Morgan fingerprint density at radius 2 is 1.85 bits per heavy atom. The molecule has 7 rings (SSSR count). The van der Waals surface area contributed by atoms with Gasteiger partial charge in [0.05, 0.1) is 23.2 Å². The number of phenolic OH excluding ortho intramolecular Hbond substituents is 2. The SMILES string of the molecule is CO[C@@H]1CC[C@H](O)c2c1oc1c3c4c(c(O)c1c2=O)-c1c(cc2cc(C)n(NC(C)=O)c(=O)c2c1O)C[C@H]4OCO3. The number of hydrogen-bond acceptors (Lipinski definition) is 10. The molecule has 0 unspecified atom stereocenters. The lowest BCUT2D eigenvalue weighted by Gasteiger charge is -2.35. The number of aliphatic hydroxyl groups is 1. The highest BCUT2D eigenvalue weighted by Gasteiger charge is 2.41. The lowest BCUT2D eigenvalue weighted by Crippen LogP contribution is -2.33. The van der Waals surface area contributed by atoms with Gasteiger partial charge in [-0.3, -0.25) is 19.8 Å². The fourth-order valence-electron chi connectivity index (χ4n) is 6.50. The number of carbonyl (C=O) groups excluding carboxylic acids is 1. The van der Waals surface area contributed by atoms with Gasteiger partial charge in [0.1, 0.15) is 28.7 Å². The van der Waals surface area contributed by atoms with Crippen molar-refractivity contribution in [1.82, 2.24) is 4.68 Å². The van der Waals surface area contributed by atoms with Crippen molar-refractivity contribution >= 4 is 27.6 Å². The van der Waals surface area contributed by atoms with E-state index in [1.165, 1.54) is 14.0 Å². The Morgan fingerprint density at radius 1 is 1.10 bits per heavy atom. The molecule has 0 saturated carbocycles. The molecule has 2 aromatic heterocycles. The van der Waals surface area contributed by atoms with E-state index in [1.54, 1.807) is 19.1 Å². The number of ether oxygens (including phenoxy) is 3. The predicted molar refractivity (Wildman–Crippen MR) is 145 cm³/mol. The number of methoxy groups -OCH3 is 1. The van der Waals surface area contributed by atoms with Gasteiger partial charge in [-0.1, -0.05) is 0 Å². The highest BCUT2D eigenvalue weighted by Crippen LogP contribution is 2.57. The van der Waals surface area contributed by atoms with Gasteiger partial charge >= 0.3 is 0 Å². The molecule has 212 valence electrons. The van der Waals surface area contributed by atoms with Crippen molar-refractivity contribution in [2.24, 2.45) is 0 Å². The van der Waals surface area contributed by atoms with Crippen molar-refractivity contribution in [2.45, 2.75) is 51.4 Å². The zero-order valence-electron chi connectivity index (χ0n) is 22.4. The van der Waals surface area contributed by atoms with Crippen LogP contribution in [-0.4, -0.2) is 39.8 Å². The Morgan fingerprint density at radius 3 is 2.59 bits per heavy atom. The van der Waals surface area contributed by atoms with Crippen LogP contribution in [0.4, 0.5) is 0 Å². The third-order valence-corrected chi connectivity index (χ3v) is 8.25. The largest absolute Gasteiger partial charge is 0.506 e. The van der Waals surface area contributed by atoms with Crippen LogP contribution in [-0.2, 0) is 20.7 Å². The van der Waals surface area contributed by atoms with Crippen molar-refractivity contribution in [3.8, 4) is 28.4 Å². The maximum atomic E-state index is 13.9. The standard InChI is InChI=1S/C29H26N2O10/c1-10-6-12-7-13-8-16-20-21(17(13)23(34)18(12)29(37)31(10)30-11(2)32)25(36)22-24(35)19-14(33)4-5-15(38-3)26(19)41-28(22)27(20)40-9-39-16/h6-7,14-16,33-34,36H,4-5,8-9H2,1-3H3,(H,30,32)/t14-,15+,16+/m0/s1. The Bertz CT molecular complexity index is 1960. The summed E-state index contributed by atoms with van der Waals surface area (Å²) in [4.78, 5) is 39.1. The van der Waals surface area contributed by atoms with Crippen molar-refractivity contribution < 1.29 is 38.7 Å². The van der Waals surface area contributed by atoms with Crippen LogP contribution in [0, 0.1) is 6.92 Å². The van der Waals surface area contributed by atoms with E-state index in [4.69, 9.17) is 18.6 Å². The highest BCUT2D eigenvalue weighted by atomic mass is 16.7. The van der Waals surface area contributed by atoms with E-state index in [1.807, 2.05) is 0 Å². The Labute approximate surface area is 231 Å². The lowest BCUT2D eigenvalue weighted by atomic mass is 9.79. The molecule has 1 amide bonds. The van der Waals surface area contributed by atoms with Crippen molar-refractivity contribution in [2.75, 3.05) is 19.3 Å². The summed E-state index contributed by atoms with van der Waals surface area (Å²) < 4.78 is 24.5. The van der Waals surface area contributed by atoms with Crippen molar-refractivity contribution in [1.29, 1.82) is 0 Å². The summed E-state index contributed by atoms with van der Waals surface area (Å²) in [6, 6.07) is 3.39. The molecular formula is C29H26N2O10. The van der Waals surface area contributed by atoms with E-state index >= 15 is 0 Å². The zero-order chi connectivity index (χ0) is 28.9. The smallest absolute Gasteiger partial charge is 0.281 e. The normalized spacial score (nSPS) is 20.7. The van der Waals surface area contributed by atoms with E-state index in [2.05, 4.69) is 5.43 Å². The van der Waals surface area contributed by atoms with E-state index in [0.29, 0.717) is 28.6 Å². The number of fused-ring (bicyclic) bond motifs is 6. The summed E-state index contributed by atoms with van der Waals surface area (Å²) in [5.74, 6) is -1.05. The molecule has 4 aromatic rings. The second kappa shape index (κ2) is 8.80. The number of aryl methyl sites for hydroxylation is 1. The minimum absolute atomic E-state index is 0.00547. The first kappa shape index (κ1) is 25.6. The van der Waals surface area contributed by atoms with Crippen LogP contribution in [0.2, 0.25) is 0 Å². The van der Waals surface area contributed by atoms with Crippen LogP contribution in [0.3, 0.4) is 0 Å². The van der Waals surface area contributed by atoms with Gasteiger partial charge in [-0.2, -0.15) is 0 Å². The molecule has 0 spiro atoms. The number of aromatic nitrogens is 1. The number of phenols is 2. The average Bonchev–Trinajstić information content (AvgIpc) is 2.92. The van der Waals surface area contributed by atoms with Gasteiger partial charge in [-0.05, 0) is 42.8 Å². The van der Waals surface area contributed by atoms with Gasteiger partial charge in [0.15, 0.2) is 18.1 Å². The van der Waals surface area contributed by atoms with Crippen LogP contribution < -0.4 is 21.2 Å². The summed E-state index contributed by atoms with van der Waals surface area (Å²) >= 11 is 0. The van der Waals surface area contributed by atoms with Gasteiger partial charge in [0.2, 0.25) is 11.3 Å². The molecule has 0 bridgehead atoms. The number of nitrogens with zero attached hydrogens (tertiary/aromatic N) is 1. The molecule has 0 saturated heterocycles. The van der Waals surface area contributed by atoms with Gasteiger partial charge < -0.3 is 33.9 Å². The average molecular weight is 563 g/mol. The summed E-state index contributed by atoms with van der Waals surface area (Å²) in [5.41, 5.74) is 2.73. The first-order valence-corrected chi connectivity index (χ1v) is 13.2. The Balaban J connectivity index is 1.61. The fourth-order valence-corrected chi connectivity index (χ4v) is 6.50. The van der Waals surface area contributed by atoms with Crippen LogP contribution in [0.15, 0.2) is 26.1 Å². The van der Waals surface area contributed by atoms with Gasteiger partial charge in [-0.25, -0.2) is 4.68 Å². The number of rotatable bonds is 2. The number of nitrogens with one attached hydrogen (secondary N) is 1. The number of aromatic hydroxyl groups is 2. The summed E-state index contributed by atoms with van der Waals surface area (Å²) in [6.45, 7) is 2.76. The number of carbonyl (C=O) groups is 1. The summed E-state index contributed by atoms with van der Waals surface area (Å²) in [6.07, 6.45) is -1.34. The quantitative estimate of drug-likeness (QED) is 0.285. The Hall–Kier alpha value is -4.39. The van der Waals surface area contributed by atoms with Crippen LogP contribution in [0.1, 0.15) is 66.2 Å².